The molecule has 0 saturated heterocycles. The molecular formula is C3H8ClSn. The average molecular weight is 198 g/mol. The fourth-order valence-electron chi connectivity index (χ4n) is 0. The zero-order chi connectivity index (χ0) is 3.41. The molecule has 0 aromatic rings. The summed E-state index contributed by atoms with van der Waals surface area (Å²) in [6.07, 6.45) is 1.36. The normalized spacial score (nSPS) is 6.00. The van der Waals surface area contributed by atoms with E-state index in [9.17, 15) is 0 Å². The molecule has 0 unspecified atom stereocenters. The predicted octanol–water partition coefficient (Wildman–Crippen LogP) is 1.41. The van der Waals surface area contributed by atoms with E-state index < -0.39 is 0 Å². The third-order valence-corrected chi connectivity index (χ3v) is 1.68. The van der Waals surface area contributed by atoms with Crippen LogP contribution in [-0.4, -0.2) is 22.5 Å². The van der Waals surface area contributed by atoms with E-state index in [1.807, 2.05) is 0 Å². The van der Waals surface area contributed by atoms with Gasteiger partial charge in [-0.1, -0.05) is 0 Å². The van der Waals surface area contributed by atoms with Gasteiger partial charge in [-0.3, -0.25) is 0 Å². The van der Waals surface area contributed by atoms with Gasteiger partial charge >= 0.3 is 40.3 Å². The maximum Gasteiger partial charge on any atom is -0.147 e. The van der Waals surface area contributed by atoms with Gasteiger partial charge in [-0.15, -0.1) is 12.4 Å². The molecule has 0 fully saturated rings. The molecule has 31 valence electrons. The van der Waals surface area contributed by atoms with Crippen molar-refractivity contribution in [3.63, 3.8) is 0 Å². The third kappa shape index (κ3) is 11.1. The Bertz CT molecular complexity index is 8.85. The van der Waals surface area contributed by atoms with Crippen molar-refractivity contribution in [3.8, 4) is 0 Å². The summed E-state index contributed by atoms with van der Waals surface area (Å²) in [5.74, 6) is 0. The van der Waals surface area contributed by atoms with Gasteiger partial charge in [0, 0.05) is 0 Å². The molecule has 0 spiro atoms. The van der Waals surface area contributed by atoms with Crippen LogP contribution in [0.15, 0.2) is 0 Å². The monoisotopic (exact) mass is 199 g/mol. The van der Waals surface area contributed by atoms with Gasteiger partial charge in [0.1, 0.15) is 0 Å². The molecule has 0 rings (SSSR count). The molecule has 0 aliphatic carbocycles. The van der Waals surface area contributed by atoms with Crippen molar-refractivity contribution in [2.24, 2.45) is 0 Å². The van der Waals surface area contributed by atoms with Crippen LogP contribution in [0.3, 0.4) is 0 Å². The van der Waals surface area contributed by atoms with Crippen molar-refractivity contribution < 1.29 is 0 Å². The second kappa shape index (κ2) is 8.92. The van der Waals surface area contributed by atoms with E-state index in [4.69, 9.17) is 0 Å². The third-order valence-electron chi connectivity index (χ3n) is 0.250. The molecular weight excluding hydrogens is 190 g/mol. The van der Waals surface area contributed by atoms with E-state index in [-0.39, 0.29) is 12.4 Å². The summed E-state index contributed by atoms with van der Waals surface area (Å²) < 4.78 is 1.41. The van der Waals surface area contributed by atoms with Crippen molar-refractivity contribution in [1.29, 1.82) is 0 Å². The quantitative estimate of drug-likeness (QED) is 0.559. The number of halogens is 1. The first-order valence-corrected chi connectivity index (χ1v) is 3.58. The predicted molar refractivity (Wildman–Crippen MR) is 28.1 cm³/mol. The molecule has 0 bridgehead atoms. The molecule has 0 N–H and O–H groups in total. The molecule has 0 nitrogen and oxygen atoms in total. The minimum Gasteiger partial charge on any atom is -0.147 e. The van der Waals surface area contributed by atoms with Crippen LogP contribution in [0, 0.1) is 0 Å². The maximum atomic E-state index is 2.20. The van der Waals surface area contributed by atoms with Crippen LogP contribution in [0.25, 0.3) is 0 Å². The molecule has 0 atom stereocenters. The second-order valence-electron chi connectivity index (χ2n) is 0.750. The van der Waals surface area contributed by atoms with E-state index in [0.717, 1.165) is 0 Å². The summed E-state index contributed by atoms with van der Waals surface area (Å²) >= 11 is 1.67. The smallest absolute Gasteiger partial charge is 0.147 e. The number of hydrogen-bond donors (Lipinski definition) is 0. The van der Waals surface area contributed by atoms with Crippen molar-refractivity contribution in [2.75, 3.05) is 0 Å². The summed E-state index contributed by atoms with van der Waals surface area (Å²) in [4.78, 5) is 0. The number of hydrogen-bond acceptors (Lipinski definition) is 0. The molecule has 2 heteroatoms. The first kappa shape index (κ1) is 9.43. The number of rotatable bonds is 1. The Kier molecular flexibility index (Phi) is 16.8. The van der Waals surface area contributed by atoms with Gasteiger partial charge in [-0.2, -0.15) is 0 Å². The minimum absolute atomic E-state index is 0. The zero-order valence-corrected chi connectivity index (χ0v) is 6.99. The van der Waals surface area contributed by atoms with Gasteiger partial charge in [-0.05, 0) is 0 Å². The molecule has 5 heavy (non-hydrogen) atoms. The van der Waals surface area contributed by atoms with Crippen molar-refractivity contribution in [2.45, 2.75) is 17.8 Å². The van der Waals surface area contributed by atoms with Gasteiger partial charge in [0.15, 0.2) is 0 Å². The summed E-state index contributed by atoms with van der Waals surface area (Å²) in [7, 11) is 0. The molecule has 0 aliphatic heterocycles. The van der Waals surface area contributed by atoms with Gasteiger partial charge < -0.3 is 0 Å². The molecule has 0 aromatic heterocycles. The van der Waals surface area contributed by atoms with Gasteiger partial charge in [-0.25, -0.2) is 0 Å². The van der Waals surface area contributed by atoms with Crippen LogP contribution in [-0.2, 0) is 0 Å². The van der Waals surface area contributed by atoms with Crippen LogP contribution in [0.2, 0.25) is 4.44 Å². The fourth-order valence-corrected chi connectivity index (χ4v) is 0. The van der Waals surface area contributed by atoms with Crippen LogP contribution < -0.4 is 0 Å². The SMILES string of the molecule is CC[CH2][Sn].Cl. The fraction of sp³-hybridized carbons (Fsp3) is 1.00. The minimum atomic E-state index is 0. The first-order chi connectivity index (χ1) is 1.91. The van der Waals surface area contributed by atoms with E-state index in [0.29, 0.717) is 0 Å². The molecule has 0 amide bonds. The Balaban J connectivity index is 0. The van der Waals surface area contributed by atoms with Crippen LogP contribution in [0.5, 0.6) is 0 Å². The Morgan fingerprint density at radius 1 is 1.60 bits per heavy atom. The van der Waals surface area contributed by atoms with Crippen LogP contribution >= 0.6 is 12.4 Å². The molecule has 0 heterocycles. The van der Waals surface area contributed by atoms with Crippen molar-refractivity contribution in [1.82, 2.24) is 0 Å². The van der Waals surface area contributed by atoms with Crippen LogP contribution in [0.4, 0.5) is 0 Å². The van der Waals surface area contributed by atoms with Crippen molar-refractivity contribution in [3.05, 3.63) is 0 Å². The summed E-state index contributed by atoms with van der Waals surface area (Å²) in [6.45, 7) is 2.20. The van der Waals surface area contributed by atoms with Gasteiger partial charge in [0.2, 0.25) is 0 Å². The first-order valence-electron chi connectivity index (χ1n) is 1.56. The Morgan fingerprint density at radius 3 is 1.80 bits per heavy atom. The van der Waals surface area contributed by atoms with Crippen LogP contribution in [0.1, 0.15) is 13.3 Å². The Morgan fingerprint density at radius 2 is 1.80 bits per heavy atom. The summed E-state index contributed by atoms with van der Waals surface area (Å²) in [6, 6.07) is 0. The largest absolute Gasteiger partial charge is 0.147 e. The van der Waals surface area contributed by atoms with E-state index in [1.54, 1.807) is 22.5 Å². The Hall–Kier alpha value is 1.09. The standard InChI is InChI=1S/C3H7.ClH.Sn/c1-3-2;;/h1,3H2,2H3;1H;. The molecule has 0 aromatic carbocycles. The van der Waals surface area contributed by atoms with Gasteiger partial charge in [0.05, 0.1) is 0 Å². The van der Waals surface area contributed by atoms with E-state index >= 15 is 0 Å². The van der Waals surface area contributed by atoms with E-state index in [1.165, 1.54) is 10.9 Å². The maximum absolute atomic E-state index is 2.20. The van der Waals surface area contributed by atoms with E-state index in [2.05, 4.69) is 6.92 Å². The average Bonchev–Trinajstić information content (AvgIpc) is 1.37. The molecule has 0 saturated carbocycles. The summed E-state index contributed by atoms with van der Waals surface area (Å²) in [5, 5.41) is 0. The second-order valence-corrected chi connectivity index (χ2v) is 2.18. The Labute approximate surface area is 52.8 Å². The summed E-state index contributed by atoms with van der Waals surface area (Å²) in [5.41, 5.74) is 0. The van der Waals surface area contributed by atoms with Crippen molar-refractivity contribution >= 4 is 34.9 Å². The topological polar surface area (TPSA) is 0 Å². The molecule has 0 aliphatic rings. The van der Waals surface area contributed by atoms with Gasteiger partial charge in [0.25, 0.3) is 0 Å². The zero-order valence-electron chi connectivity index (χ0n) is 3.32. The molecule has 3 radical (unpaired) electrons.